The smallest absolute Gasteiger partial charge is 0.250 e. The van der Waals surface area contributed by atoms with Crippen LogP contribution in [0.15, 0.2) is 18.2 Å². The second-order valence-corrected chi connectivity index (χ2v) is 6.49. The molecular weight excluding hydrogens is 271 g/mol. The van der Waals surface area contributed by atoms with Gasteiger partial charge in [-0.05, 0) is 24.5 Å². The molecule has 1 atom stereocenters. The molecule has 0 aliphatic carbocycles. The van der Waals surface area contributed by atoms with Crippen LogP contribution in [0.1, 0.15) is 32.8 Å². The Morgan fingerprint density at radius 2 is 1.95 bits per heavy atom. The number of amides is 2. The van der Waals surface area contributed by atoms with Gasteiger partial charge in [-0.3, -0.25) is 9.59 Å². The number of carbonyl (C=O) groups is 2. The van der Waals surface area contributed by atoms with Crippen molar-refractivity contribution in [2.24, 2.45) is 5.41 Å². The van der Waals surface area contributed by atoms with Crippen LogP contribution in [0, 0.1) is 18.2 Å². The topological polar surface area (TPSA) is 49.4 Å². The Hall–Kier alpha value is -1.91. The molecule has 0 bridgehead atoms. The van der Waals surface area contributed by atoms with Crippen LogP contribution in [0.2, 0.25) is 0 Å². The van der Waals surface area contributed by atoms with Crippen molar-refractivity contribution in [3.63, 3.8) is 0 Å². The van der Waals surface area contributed by atoms with E-state index in [9.17, 15) is 14.0 Å². The van der Waals surface area contributed by atoms with E-state index in [-0.39, 0.29) is 30.6 Å². The fourth-order valence-corrected chi connectivity index (χ4v) is 2.49. The maximum Gasteiger partial charge on any atom is 0.250 e. The lowest BCUT2D eigenvalue weighted by Crippen LogP contribution is -2.52. The van der Waals surface area contributed by atoms with Crippen molar-refractivity contribution in [2.75, 3.05) is 11.4 Å². The van der Waals surface area contributed by atoms with Crippen molar-refractivity contribution in [3.8, 4) is 0 Å². The maximum atomic E-state index is 13.8. The van der Waals surface area contributed by atoms with Crippen LogP contribution in [0.4, 0.5) is 10.1 Å². The Morgan fingerprint density at radius 3 is 2.57 bits per heavy atom. The van der Waals surface area contributed by atoms with Gasteiger partial charge in [0, 0.05) is 24.2 Å². The molecule has 1 aromatic rings. The molecule has 1 aliphatic rings. The summed E-state index contributed by atoms with van der Waals surface area (Å²) < 4.78 is 13.8. The lowest BCUT2D eigenvalue weighted by Gasteiger charge is -2.32. The van der Waals surface area contributed by atoms with Gasteiger partial charge in [0.25, 0.3) is 0 Å². The number of hydrogen-bond acceptors (Lipinski definition) is 2. The number of benzene rings is 1. The first-order valence-electron chi connectivity index (χ1n) is 7.07. The highest BCUT2D eigenvalue weighted by atomic mass is 19.1. The Morgan fingerprint density at radius 1 is 1.29 bits per heavy atom. The Bertz CT molecular complexity index is 578. The molecule has 0 saturated carbocycles. The van der Waals surface area contributed by atoms with Crippen molar-refractivity contribution >= 4 is 17.5 Å². The van der Waals surface area contributed by atoms with Gasteiger partial charge in [-0.2, -0.15) is 0 Å². The molecule has 1 unspecified atom stereocenters. The number of anilines is 1. The highest BCUT2D eigenvalue weighted by Gasteiger charge is 2.38. The molecule has 1 aromatic carbocycles. The summed E-state index contributed by atoms with van der Waals surface area (Å²) >= 11 is 0. The second-order valence-electron chi connectivity index (χ2n) is 6.49. The van der Waals surface area contributed by atoms with E-state index >= 15 is 0 Å². The zero-order chi connectivity index (χ0) is 15.8. The van der Waals surface area contributed by atoms with Crippen molar-refractivity contribution in [1.82, 2.24) is 5.32 Å². The first-order valence-corrected chi connectivity index (χ1v) is 7.07. The molecule has 114 valence electrons. The highest BCUT2D eigenvalue weighted by Crippen LogP contribution is 2.28. The van der Waals surface area contributed by atoms with E-state index in [0.717, 1.165) is 0 Å². The van der Waals surface area contributed by atoms with Crippen LogP contribution in [-0.2, 0) is 9.59 Å². The predicted octanol–water partition coefficient (Wildman–Crippen LogP) is 2.40. The third kappa shape index (κ3) is 3.06. The third-order valence-corrected chi connectivity index (χ3v) is 3.78. The average Bonchev–Trinajstić information content (AvgIpc) is 2.53. The third-order valence-electron chi connectivity index (χ3n) is 3.78. The van der Waals surface area contributed by atoms with E-state index < -0.39 is 11.5 Å². The highest BCUT2D eigenvalue weighted by molar-refractivity contribution is 6.02. The minimum Gasteiger partial charge on any atom is -0.344 e. The van der Waals surface area contributed by atoms with Crippen LogP contribution < -0.4 is 10.2 Å². The van der Waals surface area contributed by atoms with Gasteiger partial charge in [-0.15, -0.1) is 0 Å². The van der Waals surface area contributed by atoms with E-state index in [1.165, 1.54) is 11.0 Å². The molecule has 0 radical (unpaired) electrons. The van der Waals surface area contributed by atoms with E-state index in [1.54, 1.807) is 19.1 Å². The van der Waals surface area contributed by atoms with E-state index in [0.29, 0.717) is 11.3 Å². The van der Waals surface area contributed by atoms with Crippen molar-refractivity contribution in [3.05, 3.63) is 29.6 Å². The van der Waals surface area contributed by atoms with E-state index in [2.05, 4.69) is 5.32 Å². The Kier molecular flexibility index (Phi) is 4.03. The van der Waals surface area contributed by atoms with Crippen LogP contribution in [-0.4, -0.2) is 24.4 Å². The summed E-state index contributed by atoms with van der Waals surface area (Å²) in [6.45, 7) is 7.61. The normalized spacial score (nSPS) is 20.2. The predicted molar refractivity (Wildman–Crippen MR) is 79.5 cm³/mol. The summed E-state index contributed by atoms with van der Waals surface area (Å²) in [5.41, 5.74) is 0.551. The van der Waals surface area contributed by atoms with Crippen molar-refractivity contribution in [2.45, 2.75) is 40.2 Å². The molecule has 1 heterocycles. The van der Waals surface area contributed by atoms with Gasteiger partial charge < -0.3 is 10.2 Å². The molecule has 2 rings (SSSR count). The standard InChI is InChI=1S/C16H21FN2O2/c1-10-11(17)6-5-7-12(10)19-9-8-13(20)18-14(15(19)21)16(2,3)4/h5-7,14H,8-9H2,1-4H3,(H,18,20). The SMILES string of the molecule is Cc1c(F)cccc1N1CCC(=O)NC(C(C)(C)C)C1=O. The zero-order valence-corrected chi connectivity index (χ0v) is 12.9. The van der Waals surface area contributed by atoms with Crippen LogP contribution in [0.5, 0.6) is 0 Å². The lowest BCUT2D eigenvalue weighted by molar-refractivity contribution is -0.127. The first kappa shape index (κ1) is 15.5. The minimum absolute atomic E-state index is 0.153. The summed E-state index contributed by atoms with van der Waals surface area (Å²) in [4.78, 5) is 26.2. The van der Waals surface area contributed by atoms with Gasteiger partial charge in [0.1, 0.15) is 11.9 Å². The monoisotopic (exact) mass is 292 g/mol. The van der Waals surface area contributed by atoms with Gasteiger partial charge in [0.05, 0.1) is 0 Å². The quantitative estimate of drug-likeness (QED) is 0.864. The largest absolute Gasteiger partial charge is 0.344 e. The fourth-order valence-electron chi connectivity index (χ4n) is 2.49. The van der Waals surface area contributed by atoms with Crippen molar-refractivity contribution < 1.29 is 14.0 Å². The van der Waals surface area contributed by atoms with Crippen LogP contribution in [0.25, 0.3) is 0 Å². The van der Waals surface area contributed by atoms with Crippen LogP contribution in [0.3, 0.4) is 0 Å². The summed E-state index contributed by atoms with van der Waals surface area (Å²) in [5, 5.41) is 2.78. The minimum atomic E-state index is -0.616. The molecule has 21 heavy (non-hydrogen) atoms. The molecule has 1 fully saturated rings. The molecule has 1 N–H and O–H groups in total. The molecule has 0 aromatic heterocycles. The summed E-state index contributed by atoms with van der Waals surface area (Å²) in [6.07, 6.45) is 0.217. The van der Waals surface area contributed by atoms with E-state index in [4.69, 9.17) is 0 Å². The molecule has 4 nitrogen and oxygen atoms in total. The van der Waals surface area contributed by atoms with Gasteiger partial charge in [-0.1, -0.05) is 26.8 Å². The van der Waals surface area contributed by atoms with Gasteiger partial charge in [0.2, 0.25) is 11.8 Å². The number of nitrogens with one attached hydrogen (secondary N) is 1. The van der Waals surface area contributed by atoms with Gasteiger partial charge in [-0.25, -0.2) is 4.39 Å². The maximum absolute atomic E-state index is 13.8. The first-order chi connectivity index (χ1) is 9.71. The zero-order valence-electron chi connectivity index (χ0n) is 12.9. The van der Waals surface area contributed by atoms with E-state index in [1.807, 2.05) is 20.8 Å². The summed E-state index contributed by atoms with van der Waals surface area (Å²) in [6, 6.07) is 4.05. The Labute approximate surface area is 124 Å². The van der Waals surface area contributed by atoms with Gasteiger partial charge in [0.15, 0.2) is 0 Å². The molecule has 2 amide bonds. The number of nitrogens with zero attached hydrogens (tertiary/aromatic N) is 1. The summed E-state index contributed by atoms with van der Waals surface area (Å²) in [7, 11) is 0. The number of hydrogen-bond donors (Lipinski definition) is 1. The summed E-state index contributed by atoms with van der Waals surface area (Å²) in [5.74, 6) is -0.696. The number of carbonyl (C=O) groups excluding carboxylic acids is 2. The average molecular weight is 292 g/mol. The Balaban J connectivity index is 2.45. The molecule has 1 aliphatic heterocycles. The number of halogens is 1. The molecular formula is C16H21FN2O2. The van der Waals surface area contributed by atoms with Crippen molar-refractivity contribution in [1.29, 1.82) is 0 Å². The fraction of sp³-hybridized carbons (Fsp3) is 0.500. The van der Waals surface area contributed by atoms with Gasteiger partial charge >= 0.3 is 0 Å². The number of rotatable bonds is 1. The molecule has 1 saturated heterocycles. The molecule has 5 heteroatoms. The lowest BCUT2D eigenvalue weighted by atomic mass is 9.86. The molecule has 0 spiro atoms. The second kappa shape index (κ2) is 5.47. The van der Waals surface area contributed by atoms with Crippen LogP contribution >= 0.6 is 0 Å².